The zero-order valence-electron chi connectivity index (χ0n) is 13.1. The molecule has 4 nitrogen and oxygen atoms in total. The highest BCUT2D eigenvalue weighted by molar-refractivity contribution is 4.88. The van der Waals surface area contributed by atoms with E-state index in [4.69, 9.17) is 9.84 Å². The van der Waals surface area contributed by atoms with Crippen LogP contribution in [0.25, 0.3) is 0 Å². The fourth-order valence-electron chi connectivity index (χ4n) is 4.00. The molecule has 1 saturated heterocycles. The number of aliphatic hydroxyl groups is 1. The molecule has 1 heterocycles. The maximum atomic E-state index is 8.82. The van der Waals surface area contributed by atoms with Crippen molar-refractivity contribution in [2.75, 3.05) is 46.4 Å². The zero-order valence-corrected chi connectivity index (χ0v) is 13.1. The molecule has 0 unspecified atom stereocenters. The minimum absolute atomic E-state index is 0.144. The Hall–Kier alpha value is -0.160. The summed E-state index contributed by atoms with van der Waals surface area (Å²) in [6, 6.07) is 0. The van der Waals surface area contributed by atoms with E-state index in [-0.39, 0.29) is 6.61 Å². The Morgan fingerprint density at radius 3 is 2.50 bits per heavy atom. The van der Waals surface area contributed by atoms with Gasteiger partial charge < -0.3 is 20.1 Å². The van der Waals surface area contributed by atoms with Crippen molar-refractivity contribution in [2.24, 2.45) is 5.41 Å². The lowest BCUT2D eigenvalue weighted by atomic mass is 9.73. The largest absolute Gasteiger partial charge is 0.394 e. The van der Waals surface area contributed by atoms with E-state index in [1.54, 1.807) is 0 Å². The minimum atomic E-state index is 0.144. The van der Waals surface area contributed by atoms with Crippen molar-refractivity contribution < 1.29 is 9.84 Å². The number of hydrogen-bond acceptors (Lipinski definition) is 4. The number of hydrogen-bond donors (Lipinski definition) is 2. The van der Waals surface area contributed by atoms with E-state index in [1.165, 1.54) is 38.6 Å². The van der Waals surface area contributed by atoms with E-state index >= 15 is 0 Å². The van der Waals surface area contributed by atoms with E-state index in [9.17, 15) is 0 Å². The van der Waals surface area contributed by atoms with Gasteiger partial charge >= 0.3 is 0 Å². The van der Waals surface area contributed by atoms with Crippen LogP contribution in [0.5, 0.6) is 0 Å². The maximum absolute atomic E-state index is 8.82. The molecule has 0 aromatic carbocycles. The molecule has 2 rings (SSSR count). The molecule has 1 saturated carbocycles. The normalized spacial score (nSPS) is 24.9. The molecule has 0 spiro atoms. The van der Waals surface area contributed by atoms with Gasteiger partial charge in [0.05, 0.1) is 19.3 Å². The number of nitrogens with zero attached hydrogens (tertiary/aromatic N) is 1. The van der Waals surface area contributed by atoms with Crippen LogP contribution in [-0.2, 0) is 4.74 Å². The Kier molecular flexibility index (Phi) is 6.75. The van der Waals surface area contributed by atoms with Crippen LogP contribution in [0.15, 0.2) is 0 Å². The molecule has 0 aromatic rings. The summed E-state index contributed by atoms with van der Waals surface area (Å²) in [5.41, 5.74) is 0.506. The highest BCUT2D eigenvalue weighted by atomic mass is 16.5. The molecule has 0 bridgehead atoms. The van der Waals surface area contributed by atoms with Gasteiger partial charge in [-0.05, 0) is 38.1 Å². The fraction of sp³-hybridized carbons (Fsp3) is 1.00. The lowest BCUT2D eigenvalue weighted by Gasteiger charge is -2.43. The lowest BCUT2D eigenvalue weighted by molar-refractivity contribution is -0.0176. The van der Waals surface area contributed by atoms with Crippen molar-refractivity contribution in [2.45, 2.75) is 51.0 Å². The first-order chi connectivity index (χ1) is 9.78. The predicted molar refractivity (Wildman–Crippen MR) is 81.9 cm³/mol. The van der Waals surface area contributed by atoms with E-state index in [2.05, 4.69) is 17.3 Å². The number of rotatable bonds is 7. The van der Waals surface area contributed by atoms with Crippen LogP contribution in [0.4, 0.5) is 0 Å². The van der Waals surface area contributed by atoms with Crippen molar-refractivity contribution in [1.82, 2.24) is 10.2 Å². The summed E-state index contributed by atoms with van der Waals surface area (Å²) in [4.78, 5) is 2.64. The second-order valence-corrected chi connectivity index (χ2v) is 6.66. The van der Waals surface area contributed by atoms with Gasteiger partial charge in [0.25, 0.3) is 0 Å². The molecule has 0 radical (unpaired) electrons. The number of ether oxygens (including phenoxy) is 1. The maximum Gasteiger partial charge on any atom is 0.0701 e. The Balaban J connectivity index is 1.77. The fourth-order valence-corrected chi connectivity index (χ4v) is 4.00. The van der Waals surface area contributed by atoms with Gasteiger partial charge in [-0.25, -0.2) is 0 Å². The molecule has 2 aliphatic rings. The summed E-state index contributed by atoms with van der Waals surface area (Å²) in [6.45, 7) is 5.36. The average molecular weight is 284 g/mol. The van der Waals surface area contributed by atoms with Crippen LogP contribution < -0.4 is 5.32 Å². The molecule has 0 aromatic heterocycles. The monoisotopic (exact) mass is 284 g/mol. The van der Waals surface area contributed by atoms with Gasteiger partial charge in [-0.2, -0.15) is 0 Å². The van der Waals surface area contributed by atoms with Gasteiger partial charge in [0.15, 0.2) is 0 Å². The van der Waals surface area contributed by atoms with Gasteiger partial charge in [0.1, 0.15) is 0 Å². The van der Waals surface area contributed by atoms with Gasteiger partial charge in [-0.3, -0.25) is 0 Å². The van der Waals surface area contributed by atoms with Gasteiger partial charge in [0, 0.05) is 26.2 Å². The lowest BCUT2D eigenvalue weighted by Crippen LogP contribution is -2.48. The van der Waals surface area contributed by atoms with Crippen molar-refractivity contribution in [1.29, 1.82) is 0 Å². The Bertz CT molecular complexity index is 254. The van der Waals surface area contributed by atoms with Gasteiger partial charge in [0.2, 0.25) is 0 Å². The number of nitrogens with one attached hydrogen (secondary N) is 1. The summed E-state index contributed by atoms with van der Waals surface area (Å²) in [6.07, 6.45) is 9.59. The van der Waals surface area contributed by atoms with Crippen molar-refractivity contribution in [3.05, 3.63) is 0 Å². The predicted octanol–water partition coefficient (Wildman–Crippen LogP) is 1.63. The van der Waals surface area contributed by atoms with E-state index < -0.39 is 0 Å². The topological polar surface area (TPSA) is 44.7 Å². The summed E-state index contributed by atoms with van der Waals surface area (Å²) >= 11 is 0. The molecule has 2 fully saturated rings. The first-order valence-corrected chi connectivity index (χ1v) is 8.37. The molecule has 2 N–H and O–H groups in total. The number of piperidine rings is 1. The number of aliphatic hydroxyl groups excluding tert-OH is 1. The Labute approximate surface area is 123 Å². The van der Waals surface area contributed by atoms with Crippen LogP contribution in [0.3, 0.4) is 0 Å². The third kappa shape index (κ3) is 4.69. The summed E-state index contributed by atoms with van der Waals surface area (Å²) in [7, 11) is 2.09. The highest BCUT2D eigenvalue weighted by Crippen LogP contribution is 2.37. The molecular formula is C16H32N2O2. The molecule has 4 heteroatoms. The van der Waals surface area contributed by atoms with Gasteiger partial charge in [-0.15, -0.1) is 0 Å². The van der Waals surface area contributed by atoms with Crippen molar-refractivity contribution in [3.8, 4) is 0 Å². The standard InChI is InChI=1S/C16H32N2O2/c1-17-13-16(7-3-2-4-8-16)14-18-9-5-15(6-10-18)20-12-11-19/h15,17,19H,2-14H2,1H3. The first-order valence-electron chi connectivity index (χ1n) is 8.37. The van der Waals surface area contributed by atoms with E-state index in [1.807, 2.05) is 0 Å². The molecule has 1 aliphatic heterocycles. The van der Waals surface area contributed by atoms with Gasteiger partial charge in [-0.1, -0.05) is 19.3 Å². The minimum Gasteiger partial charge on any atom is -0.394 e. The Morgan fingerprint density at radius 1 is 1.20 bits per heavy atom. The van der Waals surface area contributed by atoms with Crippen molar-refractivity contribution in [3.63, 3.8) is 0 Å². The SMILES string of the molecule is CNCC1(CN2CCC(OCCO)CC2)CCCCC1. The summed E-state index contributed by atoms with van der Waals surface area (Å²) < 4.78 is 5.65. The quantitative estimate of drug-likeness (QED) is 0.746. The summed E-state index contributed by atoms with van der Waals surface area (Å²) in [5, 5.41) is 12.2. The molecule has 1 aliphatic carbocycles. The molecule has 20 heavy (non-hydrogen) atoms. The van der Waals surface area contributed by atoms with Crippen LogP contribution in [-0.4, -0.2) is 62.6 Å². The summed E-state index contributed by atoms with van der Waals surface area (Å²) in [5.74, 6) is 0. The second kappa shape index (κ2) is 8.32. The molecule has 0 amide bonds. The smallest absolute Gasteiger partial charge is 0.0701 e. The number of likely N-dealkylation sites (tertiary alicyclic amines) is 1. The first kappa shape index (κ1) is 16.2. The van der Waals surface area contributed by atoms with Crippen LogP contribution >= 0.6 is 0 Å². The third-order valence-electron chi connectivity index (χ3n) is 5.00. The zero-order chi connectivity index (χ0) is 14.3. The molecular weight excluding hydrogens is 252 g/mol. The second-order valence-electron chi connectivity index (χ2n) is 6.66. The Morgan fingerprint density at radius 2 is 1.90 bits per heavy atom. The van der Waals surface area contributed by atoms with E-state index in [0.29, 0.717) is 18.1 Å². The van der Waals surface area contributed by atoms with Crippen molar-refractivity contribution >= 4 is 0 Å². The molecule has 0 atom stereocenters. The molecule has 118 valence electrons. The van der Waals surface area contributed by atoms with Crippen LogP contribution in [0.2, 0.25) is 0 Å². The van der Waals surface area contributed by atoms with Crippen LogP contribution in [0, 0.1) is 5.41 Å². The van der Waals surface area contributed by atoms with Crippen LogP contribution in [0.1, 0.15) is 44.9 Å². The highest BCUT2D eigenvalue weighted by Gasteiger charge is 2.34. The van der Waals surface area contributed by atoms with E-state index in [0.717, 1.165) is 32.5 Å². The average Bonchev–Trinajstić information content (AvgIpc) is 2.48. The third-order valence-corrected chi connectivity index (χ3v) is 5.00.